The van der Waals surface area contributed by atoms with Crippen molar-refractivity contribution >= 4 is 33.6 Å². The Balaban J connectivity index is 1.82. The number of rotatable bonds is 5. The van der Waals surface area contributed by atoms with Crippen molar-refractivity contribution in [3.05, 3.63) is 27.7 Å². The van der Waals surface area contributed by atoms with Crippen LogP contribution in [0.5, 0.6) is 0 Å². The highest BCUT2D eigenvalue weighted by atomic mass is 79.9. The van der Waals surface area contributed by atoms with Crippen LogP contribution in [0.4, 0.5) is 0 Å². The SMILES string of the molecule is Cc1cc(SCC(=O)NCC2(O)CCC2)c(C)cc1Br. The molecule has 0 saturated heterocycles. The number of benzene rings is 1. The maximum absolute atomic E-state index is 11.8. The molecule has 0 atom stereocenters. The number of halogens is 1. The summed E-state index contributed by atoms with van der Waals surface area (Å²) in [5.41, 5.74) is 1.69. The lowest BCUT2D eigenvalue weighted by molar-refractivity contribution is -0.121. The zero-order chi connectivity index (χ0) is 14.8. The van der Waals surface area contributed by atoms with Gasteiger partial charge in [0.1, 0.15) is 0 Å². The molecule has 1 saturated carbocycles. The van der Waals surface area contributed by atoms with E-state index in [0.29, 0.717) is 12.3 Å². The van der Waals surface area contributed by atoms with Crippen LogP contribution in [0.2, 0.25) is 0 Å². The average Bonchev–Trinajstić information content (AvgIpc) is 2.37. The zero-order valence-corrected chi connectivity index (χ0v) is 14.2. The van der Waals surface area contributed by atoms with E-state index >= 15 is 0 Å². The van der Waals surface area contributed by atoms with Gasteiger partial charge in [0.2, 0.25) is 5.91 Å². The number of amides is 1. The Morgan fingerprint density at radius 3 is 2.70 bits per heavy atom. The van der Waals surface area contributed by atoms with E-state index < -0.39 is 5.60 Å². The van der Waals surface area contributed by atoms with Gasteiger partial charge in [0.15, 0.2) is 0 Å². The fourth-order valence-corrected chi connectivity index (χ4v) is 3.52. The summed E-state index contributed by atoms with van der Waals surface area (Å²) in [5.74, 6) is 0.369. The molecular weight excluding hydrogens is 338 g/mol. The second-order valence-corrected chi connectivity index (χ2v) is 7.38. The maximum Gasteiger partial charge on any atom is 0.230 e. The van der Waals surface area contributed by atoms with Gasteiger partial charge in [-0.25, -0.2) is 0 Å². The fourth-order valence-electron chi connectivity index (χ4n) is 2.13. The number of hydrogen-bond donors (Lipinski definition) is 2. The fraction of sp³-hybridized carbons (Fsp3) is 0.533. The molecule has 2 rings (SSSR count). The molecule has 1 aliphatic rings. The third-order valence-corrected chi connectivity index (χ3v) is 5.73. The van der Waals surface area contributed by atoms with Crippen LogP contribution in [-0.4, -0.2) is 28.9 Å². The molecule has 1 fully saturated rings. The molecule has 0 aromatic heterocycles. The van der Waals surface area contributed by atoms with Crippen LogP contribution in [-0.2, 0) is 4.79 Å². The lowest BCUT2D eigenvalue weighted by Crippen LogP contribution is -2.48. The normalized spacial score (nSPS) is 16.6. The standard InChI is InChI=1S/C15H20BrNO2S/c1-10-7-13(11(2)6-12(10)16)20-8-14(18)17-9-15(19)4-3-5-15/h6-7,19H,3-5,8-9H2,1-2H3,(H,17,18). The first-order valence-electron chi connectivity index (χ1n) is 6.78. The van der Waals surface area contributed by atoms with E-state index in [9.17, 15) is 9.90 Å². The van der Waals surface area contributed by atoms with Gasteiger partial charge < -0.3 is 10.4 Å². The Hall–Kier alpha value is -0.520. The van der Waals surface area contributed by atoms with Gasteiger partial charge in [0.25, 0.3) is 0 Å². The molecule has 110 valence electrons. The van der Waals surface area contributed by atoms with E-state index in [1.54, 1.807) is 0 Å². The molecule has 0 radical (unpaired) electrons. The van der Waals surface area contributed by atoms with Gasteiger partial charge in [-0.15, -0.1) is 11.8 Å². The van der Waals surface area contributed by atoms with Crippen LogP contribution in [0.15, 0.2) is 21.5 Å². The zero-order valence-electron chi connectivity index (χ0n) is 11.8. The molecule has 0 aliphatic heterocycles. The molecule has 0 bridgehead atoms. The van der Waals surface area contributed by atoms with Crippen molar-refractivity contribution in [3.8, 4) is 0 Å². The van der Waals surface area contributed by atoms with Gasteiger partial charge >= 0.3 is 0 Å². The van der Waals surface area contributed by atoms with E-state index in [4.69, 9.17) is 0 Å². The predicted molar refractivity (Wildman–Crippen MR) is 86.2 cm³/mol. The molecular formula is C15H20BrNO2S. The highest BCUT2D eigenvalue weighted by Gasteiger charge is 2.34. The third-order valence-electron chi connectivity index (χ3n) is 3.71. The number of aliphatic hydroxyl groups is 1. The van der Waals surface area contributed by atoms with Gasteiger partial charge in [-0.05, 0) is 56.4 Å². The van der Waals surface area contributed by atoms with Crippen molar-refractivity contribution in [1.82, 2.24) is 5.32 Å². The lowest BCUT2D eigenvalue weighted by Gasteiger charge is -2.36. The Bertz CT molecular complexity index is 515. The second-order valence-electron chi connectivity index (χ2n) is 5.51. The number of hydrogen-bond acceptors (Lipinski definition) is 3. The van der Waals surface area contributed by atoms with Crippen molar-refractivity contribution in [1.29, 1.82) is 0 Å². The largest absolute Gasteiger partial charge is 0.388 e. The lowest BCUT2D eigenvalue weighted by atomic mass is 9.80. The molecule has 1 aromatic carbocycles. The molecule has 1 aliphatic carbocycles. The molecule has 0 heterocycles. The summed E-state index contributed by atoms with van der Waals surface area (Å²) in [7, 11) is 0. The molecule has 1 amide bonds. The van der Waals surface area contributed by atoms with Crippen LogP contribution in [0.1, 0.15) is 30.4 Å². The molecule has 0 unspecified atom stereocenters. The summed E-state index contributed by atoms with van der Waals surface area (Å²) in [6, 6.07) is 4.17. The summed E-state index contributed by atoms with van der Waals surface area (Å²) in [6.45, 7) is 4.46. The van der Waals surface area contributed by atoms with Crippen molar-refractivity contribution in [2.75, 3.05) is 12.3 Å². The Labute approximate surface area is 132 Å². The van der Waals surface area contributed by atoms with E-state index in [-0.39, 0.29) is 5.91 Å². The topological polar surface area (TPSA) is 49.3 Å². The summed E-state index contributed by atoms with van der Waals surface area (Å²) >= 11 is 5.04. The van der Waals surface area contributed by atoms with E-state index in [0.717, 1.165) is 34.2 Å². The van der Waals surface area contributed by atoms with Crippen LogP contribution in [0.3, 0.4) is 0 Å². The van der Waals surface area contributed by atoms with Crippen LogP contribution in [0.25, 0.3) is 0 Å². The molecule has 2 N–H and O–H groups in total. The number of thioether (sulfide) groups is 1. The molecule has 0 spiro atoms. The first-order chi connectivity index (χ1) is 9.39. The van der Waals surface area contributed by atoms with Crippen LogP contribution >= 0.6 is 27.7 Å². The number of carbonyl (C=O) groups is 1. The third kappa shape index (κ3) is 3.99. The number of aryl methyl sites for hydroxylation is 2. The molecule has 3 nitrogen and oxygen atoms in total. The van der Waals surface area contributed by atoms with Crippen LogP contribution in [0, 0.1) is 13.8 Å². The summed E-state index contributed by atoms with van der Waals surface area (Å²) < 4.78 is 1.09. The van der Waals surface area contributed by atoms with Crippen molar-refractivity contribution in [3.63, 3.8) is 0 Å². The van der Waals surface area contributed by atoms with Crippen molar-refractivity contribution in [2.45, 2.75) is 43.6 Å². The monoisotopic (exact) mass is 357 g/mol. The van der Waals surface area contributed by atoms with E-state index in [1.165, 1.54) is 17.3 Å². The minimum absolute atomic E-state index is 0.0182. The minimum atomic E-state index is -0.648. The van der Waals surface area contributed by atoms with Gasteiger partial charge in [-0.1, -0.05) is 15.9 Å². The van der Waals surface area contributed by atoms with Crippen molar-refractivity contribution < 1.29 is 9.90 Å². The average molecular weight is 358 g/mol. The highest BCUT2D eigenvalue weighted by molar-refractivity contribution is 9.10. The van der Waals surface area contributed by atoms with Gasteiger partial charge in [0.05, 0.1) is 11.4 Å². The van der Waals surface area contributed by atoms with Crippen molar-refractivity contribution in [2.24, 2.45) is 0 Å². The Kier molecular flexibility index (Phi) is 5.15. The summed E-state index contributed by atoms with van der Waals surface area (Å²) in [4.78, 5) is 12.9. The molecule has 5 heteroatoms. The van der Waals surface area contributed by atoms with Gasteiger partial charge in [0, 0.05) is 15.9 Å². The maximum atomic E-state index is 11.8. The summed E-state index contributed by atoms with van der Waals surface area (Å²) in [6.07, 6.45) is 2.65. The first-order valence-corrected chi connectivity index (χ1v) is 8.56. The number of carbonyl (C=O) groups excluding carboxylic acids is 1. The smallest absolute Gasteiger partial charge is 0.230 e. The van der Waals surface area contributed by atoms with Gasteiger partial charge in [-0.3, -0.25) is 4.79 Å². The van der Waals surface area contributed by atoms with Crippen LogP contribution < -0.4 is 5.32 Å². The minimum Gasteiger partial charge on any atom is -0.388 e. The van der Waals surface area contributed by atoms with E-state index in [2.05, 4.69) is 33.4 Å². The quantitative estimate of drug-likeness (QED) is 0.795. The summed E-state index contributed by atoms with van der Waals surface area (Å²) in [5, 5.41) is 12.8. The molecule has 1 aromatic rings. The van der Waals surface area contributed by atoms with E-state index in [1.807, 2.05) is 13.8 Å². The van der Waals surface area contributed by atoms with Gasteiger partial charge in [-0.2, -0.15) is 0 Å². The molecule has 20 heavy (non-hydrogen) atoms. The Morgan fingerprint density at radius 2 is 2.10 bits per heavy atom. The number of nitrogens with one attached hydrogen (secondary N) is 1. The second kappa shape index (κ2) is 6.50. The predicted octanol–water partition coefficient (Wildman–Crippen LogP) is 3.19. The Morgan fingerprint density at radius 1 is 1.40 bits per heavy atom. The highest BCUT2D eigenvalue weighted by Crippen LogP contribution is 2.31. The first kappa shape index (κ1) is 15.9.